The summed E-state index contributed by atoms with van der Waals surface area (Å²) in [6.07, 6.45) is 8.55. The van der Waals surface area contributed by atoms with Crippen LogP contribution in [0.25, 0.3) is 0 Å². The Hall–Kier alpha value is -1.06. The number of benzene rings is 1. The van der Waals surface area contributed by atoms with Gasteiger partial charge in [-0.05, 0) is 69.2 Å². The van der Waals surface area contributed by atoms with Crippen molar-refractivity contribution in [3.05, 3.63) is 29.8 Å². The summed E-state index contributed by atoms with van der Waals surface area (Å²) in [4.78, 5) is 2.72. The molecule has 1 N–H and O–H groups in total. The van der Waals surface area contributed by atoms with E-state index in [2.05, 4.69) is 29.2 Å². The number of fused-ring (bicyclic) bond motifs is 1. The lowest BCUT2D eigenvalue weighted by Gasteiger charge is -2.38. The zero-order valence-electron chi connectivity index (χ0n) is 12.8. The van der Waals surface area contributed by atoms with E-state index in [-0.39, 0.29) is 6.61 Å². The van der Waals surface area contributed by atoms with Gasteiger partial charge in [0.25, 0.3) is 0 Å². The Morgan fingerprint density at radius 3 is 2.67 bits per heavy atom. The number of hydrogen-bond acceptors (Lipinski definition) is 3. The van der Waals surface area contributed by atoms with Crippen molar-refractivity contribution in [3.8, 4) is 5.75 Å². The second-order valence-electron chi connectivity index (χ2n) is 6.33. The molecule has 2 aliphatic heterocycles. The van der Waals surface area contributed by atoms with E-state index in [0.717, 1.165) is 24.6 Å². The summed E-state index contributed by atoms with van der Waals surface area (Å²) in [6.45, 7) is 2.22. The summed E-state index contributed by atoms with van der Waals surface area (Å²) in [6, 6.07) is 10.1. The van der Waals surface area contributed by atoms with E-state index >= 15 is 0 Å². The molecule has 0 spiro atoms. The summed E-state index contributed by atoms with van der Waals surface area (Å²) in [5.74, 6) is 0.950. The smallest absolute Gasteiger partial charge is 0.119 e. The predicted octanol–water partition coefficient (Wildman–Crippen LogP) is 3.53. The predicted molar refractivity (Wildman–Crippen MR) is 84.6 cm³/mol. The highest BCUT2D eigenvalue weighted by atomic mass is 16.5. The van der Waals surface area contributed by atoms with Crippen LogP contribution in [0, 0.1) is 0 Å². The Morgan fingerprint density at radius 2 is 1.86 bits per heavy atom. The van der Waals surface area contributed by atoms with Gasteiger partial charge >= 0.3 is 0 Å². The van der Waals surface area contributed by atoms with Crippen LogP contribution in [0.15, 0.2) is 24.3 Å². The lowest BCUT2D eigenvalue weighted by Crippen LogP contribution is -2.37. The van der Waals surface area contributed by atoms with Gasteiger partial charge in [-0.2, -0.15) is 0 Å². The van der Waals surface area contributed by atoms with Crippen LogP contribution in [-0.2, 0) is 0 Å². The van der Waals surface area contributed by atoms with E-state index in [1.165, 1.54) is 44.2 Å². The van der Waals surface area contributed by atoms with E-state index in [1.807, 2.05) is 0 Å². The Balaban J connectivity index is 1.58. The number of ether oxygens (including phenoxy) is 1. The quantitative estimate of drug-likeness (QED) is 0.813. The van der Waals surface area contributed by atoms with Gasteiger partial charge in [0.2, 0.25) is 0 Å². The van der Waals surface area contributed by atoms with E-state index in [4.69, 9.17) is 9.84 Å². The minimum absolute atomic E-state index is 0.251. The summed E-state index contributed by atoms with van der Waals surface area (Å²) in [5, 5.41) is 8.76. The van der Waals surface area contributed by atoms with Crippen LogP contribution in [0.2, 0.25) is 0 Å². The fourth-order valence-corrected chi connectivity index (χ4v) is 3.84. The molecule has 1 aromatic rings. The first-order valence-electron chi connectivity index (χ1n) is 8.48. The van der Waals surface area contributed by atoms with Gasteiger partial charge in [0.05, 0.1) is 6.61 Å². The first-order chi connectivity index (χ1) is 10.4. The van der Waals surface area contributed by atoms with Crippen molar-refractivity contribution in [2.24, 2.45) is 0 Å². The molecule has 0 amide bonds. The molecule has 3 rings (SSSR count). The number of piperidine rings is 1. The molecule has 2 unspecified atom stereocenters. The fourth-order valence-electron chi connectivity index (χ4n) is 3.84. The highest BCUT2D eigenvalue weighted by molar-refractivity contribution is 5.29. The average Bonchev–Trinajstić information content (AvgIpc) is 3.01. The molecule has 2 atom stereocenters. The topological polar surface area (TPSA) is 32.7 Å². The summed E-state index contributed by atoms with van der Waals surface area (Å²) in [5.41, 5.74) is 1.45. The van der Waals surface area contributed by atoms with Gasteiger partial charge in [-0.15, -0.1) is 0 Å². The third-order valence-corrected chi connectivity index (χ3v) is 4.92. The van der Waals surface area contributed by atoms with Crippen LogP contribution < -0.4 is 4.74 Å². The van der Waals surface area contributed by atoms with Crippen LogP contribution in [0.3, 0.4) is 0 Å². The first kappa shape index (κ1) is 14.9. The molecule has 3 nitrogen and oxygen atoms in total. The van der Waals surface area contributed by atoms with Gasteiger partial charge in [0.15, 0.2) is 0 Å². The molecule has 3 heteroatoms. The molecule has 116 valence electrons. The van der Waals surface area contributed by atoms with Crippen molar-refractivity contribution in [1.29, 1.82) is 0 Å². The molecule has 2 aliphatic rings. The van der Waals surface area contributed by atoms with Gasteiger partial charge in [-0.25, -0.2) is 0 Å². The number of rotatable bonds is 6. The maximum atomic E-state index is 8.76. The maximum Gasteiger partial charge on any atom is 0.119 e. The second-order valence-corrected chi connectivity index (χ2v) is 6.33. The van der Waals surface area contributed by atoms with Crippen LogP contribution in [0.4, 0.5) is 0 Å². The lowest BCUT2D eigenvalue weighted by molar-refractivity contribution is 0.123. The molecular weight excluding hydrogens is 262 g/mol. The highest BCUT2D eigenvalue weighted by Crippen LogP contribution is 2.39. The molecule has 0 radical (unpaired) electrons. The van der Waals surface area contributed by atoms with E-state index < -0.39 is 0 Å². The molecule has 0 aromatic heterocycles. The summed E-state index contributed by atoms with van der Waals surface area (Å²) < 4.78 is 5.71. The second kappa shape index (κ2) is 7.28. The molecule has 21 heavy (non-hydrogen) atoms. The SMILES string of the molecule is OCCCCOc1ccc(C2CCCC3CCCN32)cc1. The van der Waals surface area contributed by atoms with Gasteiger partial charge < -0.3 is 9.84 Å². The van der Waals surface area contributed by atoms with Crippen LogP contribution >= 0.6 is 0 Å². The fraction of sp³-hybridized carbons (Fsp3) is 0.667. The molecule has 1 aromatic carbocycles. The van der Waals surface area contributed by atoms with Crippen LogP contribution in [-0.4, -0.2) is 35.8 Å². The number of unbranched alkanes of at least 4 members (excludes halogenated alkanes) is 1. The highest BCUT2D eigenvalue weighted by Gasteiger charge is 2.34. The summed E-state index contributed by atoms with van der Waals surface area (Å²) >= 11 is 0. The van der Waals surface area contributed by atoms with Gasteiger partial charge in [-0.1, -0.05) is 12.1 Å². The number of nitrogens with zero attached hydrogens (tertiary/aromatic N) is 1. The third kappa shape index (κ3) is 3.58. The maximum absolute atomic E-state index is 8.76. The Morgan fingerprint density at radius 1 is 1.05 bits per heavy atom. The zero-order chi connectivity index (χ0) is 14.5. The zero-order valence-corrected chi connectivity index (χ0v) is 12.8. The lowest BCUT2D eigenvalue weighted by atomic mass is 9.92. The van der Waals surface area contributed by atoms with E-state index in [1.54, 1.807) is 0 Å². The molecule has 0 aliphatic carbocycles. The number of aliphatic hydroxyl groups is 1. The average molecular weight is 289 g/mol. The van der Waals surface area contributed by atoms with E-state index in [9.17, 15) is 0 Å². The normalized spacial score (nSPS) is 25.8. The minimum atomic E-state index is 0.251. The molecule has 0 bridgehead atoms. The van der Waals surface area contributed by atoms with Gasteiger partial charge in [0, 0.05) is 18.7 Å². The first-order valence-corrected chi connectivity index (χ1v) is 8.48. The monoisotopic (exact) mass is 289 g/mol. The Labute approximate surface area is 127 Å². The van der Waals surface area contributed by atoms with Gasteiger partial charge in [0.1, 0.15) is 5.75 Å². The standard InChI is InChI=1S/C18H27NO2/c20-13-1-2-14-21-17-10-8-15(9-11-17)18-7-3-5-16-6-4-12-19(16)18/h8-11,16,18,20H,1-7,12-14H2. The molecule has 0 saturated carbocycles. The largest absolute Gasteiger partial charge is 0.494 e. The number of aliphatic hydroxyl groups excluding tert-OH is 1. The Kier molecular flexibility index (Phi) is 5.15. The van der Waals surface area contributed by atoms with Crippen molar-refractivity contribution in [1.82, 2.24) is 4.90 Å². The molecule has 2 heterocycles. The number of hydrogen-bond donors (Lipinski definition) is 1. The molecular formula is C18H27NO2. The van der Waals surface area contributed by atoms with Crippen LogP contribution in [0.5, 0.6) is 5.75 Å². The minimum Gasteiger partial charge on any atom is -0.494 e. The van der Waals surface area contributed by atoms with E-state index in [0.29, 0.717) is 12.6 Å². The van der Waals surface area contributed by atoms with Crippen molar-refractivity contribution in [2.75, 3.05) is 19.8 Å². The third-order valence-electron chi connectivity index (χ3n) is 4.92. The van der Waals surface area contributed by atoms with Crippen LogP contribution in [0.1, 0.15) is 56.6 Å². The van der Waals surface area contributed by atoms with Gasteiger partial charge in [-0.3, -0.25) is 4.90 Å². The molecule has 2 fully saturated rings. The van der Waals surface area contributed by atoms with Crippen molar-refractivity contribution < 1.29 is 9.84 Å². The van der Waals surface area contributed by atoms with Crippen molar-refractivity contribution in [2.45, 2.75) is 57.0 Å². The Bertz CT molecular complexity index is 431. The van der Waals surface area contributed by atoms with Crippen molar-refractivity contribution in [3.63, 3.8) is 0 Å². The molecule has 2 saturated heterocycles. The summed E-state index contributed by atoms with van der Waals surface area (Å²) in [7, 11) is 0. The van der Waals surface area contributed by atoms with Crippen molar-refractivity contribution >= 4 is 0 Å².